The van der Waals surface area contributed by atoms with E-state index in [0.717, 1.165) is 6.54 Å². The van der Waals surface area contributed by atoms with E-state index in [2.05, 4.69) is 12.1 Å². The first kappa shape index (κ1) is 10.9. The summed E-state index contributed by atoms with van der Waals surface area (Å²) < 4.78 is 1.99. The molecule has 16 heavy (non-hydrogen) atoms. The van der Waals surface area contributed by atoms with Gasteiger partial charge in [-0.2, -0.15) is 0 Å². The van der Waals surface area contributed by atoms with Crippen molar-refractivity contribution in [2.45, 2.75) is 6.54 Å². The van der Waals surface area contributed by atoms with Crippen molar-refractivity contribution in [1.29, 1.82) is 0 Å². The van der Waals surface area contributed by atoms with Gasteiger partial charge in [0.1, 0.15) is 0 Å². The molecule has 0 saturated carbocycles. The van der Waals surface area contributed by atoms with Gasteiger partial charge in [0.25, 0.3) is 0 Å². The highest BCUT2D eigenvalue weighted by atomic mass is 16.4. The Balaban J connectivity index is 2.11. The number of benzene rings is 1. The van der Waals surface area contributed by atoms with Crippen molar-refractivity contribution >= 4 is 12.6 Å². The highest BCUT2D eigenvalue weighted by Gasteiger charge is 2.12. The molecule has 0 aliphatic carbocycles. The van der Waals surface area contributed by atoms with Gasteiger partial charge in [-0.1, -0.05) is 30.3 Å². The quantitative estimate of drug-likeness (QED) is 0.544. The molecule has 2 rings (SSSR count). The van der Waals surface area contributed by atoms with E-state index in [-0.39, 0.29) is 0 Å². The lowest BCUT2D eigenvalue weighted by Gasteiger charge is -1.99. The Morgan fingerprint density at radius 3 is 2.12 bits per heavy atom. The van der Waals surface area contributed by atoms with Crippen molar-refractivity contribution in [3.8, 4) is 0 Å². The Morgan fingerprint density at radius 1 is 0.938 bits per heavy atom. The second-order valence-corrected chi connectivity index (χ2v) is 3.66. The van der Waals surface area contributed by atoms with Crippen molar-refractivity contribution in [2.75, 3.05) is 0 Å². The molecule has 4 heteroatoms. The van der Waals surface area contributed by atoms with Crippen LogP contribution in [0, 0.1) is 0 Å². The van der Waals surface area contributed by atoms with E-state index < -0.39 is 7.12 Å². The van der Waals surface area contributed by atoms with Gasteiger partial charge in [0.05, 0.1) is 0 Å². The van der Waals surface area contributed by atoms with Crippen LogP contribution in [-0.2, 0) is 6.54 Å². The van der Waals surface area contributed by atoms with E-state index in [1.165, 1.54) is 5.56 Å². The molecule has 1 heterocycles. The highest BCUT2D eigenvalue weighted by molar-refractivity contribution is 6.58. The van der Waals surface area contributed by atoms with E-state index in [0.29, 0.717) is 5.46 Å². The predicted octanol–water partition coefficient (Wildman–Crippen LogP) is -0.298. The summed E-state index contributed by atoms with van der Waals surface area (Å²) in [5, 5.41) is 17.9. The van der Waals surface area contributed by atoms with Crippen molar-refractivity contribution in [1.82, 2.24) is 0 Å². The van der Waals surface area contributed by atoms with Gasteiger partial charge in [-0.25, -0.2) is 4.57 Å². The minimum absolute atomic E-state index is 0.504. The summed E-state index contributed by atoms with van der Waals surface area (Å²) in [7, 11) is -1.40. The molecular formula is C12H13BNO2+. The Morgan fingerprint density at radius 2 is 1.56 bits per heavy atom. The van der Waals surface area contributed by atoms with Crippen molar-refractivity contribution in [2.24, 2.45) is 0 Å². The van der Waals surface area contributed by atoms with E-state index in [9.17, 15) is 0 Å². The number of hydrogen-bond donors (Lipinski definition) is 2. The Bertz CT molecular complexity index is 442. The molecule has 0 radical (unpaired) electrons. The van der Waals surface area contributed by atoms with Crippen molar-refractivity contribution in [3.63, 3.8) is 0 Å². The molecule has 0 aliphatic rings. The van der Waals surface area contributed by atoms with E-state index in [1.54, 1.807) is 12.1 Å². The molecule has 80 valence electrons. The fourth-order valence-electron chi connectivity index (χ4n) is 1.54. The standard InChI is InChI=1S/C12H13BNO2/c15-13(16)12-6-8-14(9-7-12)10-11-4-2-1-3-5-11/h1-9,15-16H,10H2/q+1. The smallest absolute Gasteiger partial charge is 0.423 e. The molecular weight excluding hydrogens is 201 g/mol. The maximum Gasteiger partial charge on any atom is 0.488 e. The summed E-state index contributed by atoms with van der Waals surface area (Å²) in [5.74, 6) is 0. The molecule has 2 aromatic rings. The summed E-state index contributed by atoms with van der Waals surface area (Å²) in [6.45, 7) is 0.780. The maximum atomic E-state index is 8.95. The number of aromatic nitrogens is 1. The zero-order chi connectivity index (χ0) is 11.4. The topological polar surface area (TPSA) is 44.3 Å². The Kier molecular flexibility index (Phi) is 3.34. The van der Waals surface area contributed by atoms with Crippen molar-refractivity contribution < 1.29 is 14.6 Å². The molecule has 0 fully saturated rings. The van der Waals surface area contributed by atoms with Crippen LogP contribution in [0.4, 0.5) is 0 Å². The van der Waals surface area contributed by atoms with Gasteiger partial charge in [0.2, 0.25) is 0 Å². The molecule has 1 aromatic carbocycles. The second kappa shape index (κ2) is 4.92. The van der Waals surface area contributed by atoms with Crippen LogP contribution in [-0.4, -0.2) is 17.2 Å². The molecule has 0 amide bonds. The first-order valence-electron chi connectivity index (χ1n) is 5.15. The average molecular weight is 214 g/mol. The molecule has 0 bridgehead atoms. The molecule has 0 atom stereocenters. The van der Waals surface area contributed by atoms with Crippen LogP contribution in [0.1, 0.15) is 5.56 Å². The van der Waals surface area contributed by atoms with Crippen LogP contribution < -0.4 is 10.0 Å². The van der Waals surface area contributed by atoms with Gasteiger partial charge in [0, 0.05) is 17.7 Å². The molecule has 0 unspecified atom stereocenters. The third-order valence-electron chi connectivity index (χ3n) is 2.42. The molecule has 0 aliphatic heterocycles. The largest absolute Gasteiger partial charge is 0.488 e. The van der Waals surface area contributed by atoms with Crippen LogP contribution in [0.5, 0.6) is 0 Å². The summed E-state index contributed by atoms with van der Waals surface area (Å²) in [6.07, 6.45) is 3.67. The van der Waals surface area contributed by atoms with Gasteiger partial charge in [-0.15, -0.1) is 0 Å². The van der Waals surface area contributed by atoms with E-state index >= 15 is 0 Å². The van der Waals surface area contributed by atoms with Gasteiger partial charge in [-0.3, -0.25) is 0 Å². The monoisotopic (exact) mass is 214 g/mol. The third kappa shape index (κ3) is 2.69. The third-order valence-corrected chi connectivity index (χ3v) is 2.42. The molecule has 3 nitrogen and oxygen atoms in total. The summed E-state index contributed by atoms with van der Waals surface area (Å²) in [5.41, 5.74) is 1.72. The normalized spacial score (nSPS) is 10.1. The minimum Gasteiger partial charge on any atom is -0.423 e. The lowest BCUT2D eigenvalue weighted by molar-refractivity contribution is -0.688. The number of pyridine rings is 1. The first-order valence-corrected chi connectivity index (χ1v) is 5.15. The summed E-state index contributed by atoms with van der Waals surface area (Å²) in [6, 6.07) is 13.5. The molecule has 0 saturated heterocycles. The highest BCUT2D eigenvalue weighted by Crippen LogP contribution is 1.96. The molecule has 1 aromatic heterocycles. The van der Waals surface area contributed by atoms with Crippen molar-refractivity contribution in [3.05, 3.63) is 60.4 Å². The lowest BCUT2D eigenvalue weighted by atomic mass is 9.81. The molecule has 0 spiro atoms. The number of nitrogens with zero attached hydrogens (tertiary/aromatic N) is 1. The zero-order valence-corrected chi connectivity index (χ0v) is 8.82. The number of rotatable bonds is 3. The second-order valence-electron chi connectivity index (χ2n) is 3.66. The molecule has 2 N–H and O–H groups in total. The lowest BCUT2D eigenvalue weighted by Crippen LogP contribution is -2.38. The first-order chi connectivity index (χ1) is 7.75. The van der Waals surface area contributed by atoms with Crippen LogP contribution in [0.2, 0.25) is 0 Å². The SMILES string of the molecule is OB(O)c1cc[n+](Cc2ccccc2)cc1. The fourth-order valence-corrected chi connectivity index (χ4v) is 1.54. The average Bonchev–Trinajstić information content (AvgIpc) is 2.31. The van der Waals surface area contributed by atoms with Crippen LogP contribution in [0.3, 0.4) is 0 Å². The Hall–Kier alpha value is -1.65. The predicted molar refractivity (Wildman–Crippen MR) is 62.0 cm³/mol. The van der Waals surface area contributed by atoms with Crippen LogP contribution >= 0.6 is 0 Å². The fraction of sp³-hybridized carbons (Fsp3) is 0.0833. The summed E-state index contributed by atoms with van der Waals surface area (Å²) in [4.78, 5) is 0. The van der Waals surface area contributed by atoms with Crippen LogP contribution in [0.25, 0.3) is 0 Å². The Labute approximate surface area is 94.8 Å². The minimum atomic E-state index is -1.40. The maximum absolute atomic E-state index is 8.95. The summed E-state index contributed by atoms with van der Waals surface area (Å²) >= 11 is 0. The van der Waals surface area contributed by atoms with Gasteiger partial charge < -0.3 is 10.0 Å². The van der Waals surface area contributed by atoms with Gasteiger partial charge in [0.15, 0.2) is 18.9 Å². The van der Waals surface area contributed by atoms with E-state index in [4.69, 9.17) is 10.0 Å². The van der Waals surface area contributed by atoms with Gasteiger partial charge >= 0.3 is 7.12 Å². The van der Waals surface area contributed by atoms with Gasteiger partial charge in [-0.05, 0) is 5.46 Å². The zero-order valence-electron chi connectivity index (χ0n) is 8.82. The number of hydrogen-bond acceptors (Lipinski definition) is 2. The van der Waals surface area contributed by atoms with E-state index in [1.807, 2.05) is 35.2 Å². The van der Waals surface area contributed by atoms with Crippen LogP contribution in [0.15, 0.2) is 54.9 Å².